The Labute approximate surface area is 182 Å². The molecule has 4 rings (SSSR count). The molecule has 1 aromatic heterocycles. The van der Waals surface area contributed by atoms with Gasteiger partial charge in [0.2, 0.25) is 5.56 Å². The van der Waals surface area contributed by atoms with E-state index < -0.39 is 24.0 Å². The third-order valence-electron chi connectivity index (χ3n) is 4.78. The number of Topliss-reactive ketones (excluding diaryl/α,β-unsaturated/α-hetero) is 1. The summed E-state index contributed by atoms with van der Waals surface area (Å²) in [5.41, 5.74) is 1.35. The molecule has 1 amide bonds. The summed E-state index contributed by atoms with van der Waals surface area (Å²) < 4.78 is 5.12. The normalized spacial score (nSPS) is 10.5. The Hall–Kier alpha value is -4.52. The SMILES string of the molecule is O=C(COC(=O)c1cccc(NC(=O)c2cc(=O)[nH]c3ccccc23)c1)c1ccccc1. The van der Waals surface area contributed by atoms with Crippen LogP contribution in [0.4, 0.5) is 5.69 Å². The van der Waals surface area contributed by atoms with Crippen LogP contribution in [-0.4, -0.2) is 29.3 Å². The van der Waals surface area contributed by atoms with Gasteiger partial charge in [-0.3, -0.25) is 14.4 Å². The van der Waals surface area contributed by atoms with Crippen molar-refractivity contribution in [2.45, 2.75) is 0 Å². The molecule has 3 aromatic carbocycles. The lowest BCUT2D eigenvalue weighted by atomic mass is 10.1. The molecule has 0 atom stereocenters. The number of hydrogen-bond acceptors (Lipinski definition) is 5. The van der Waals surface area contributed by atoms with Gasteiger partial charge in [-0.1, -0.05) is 54.6 Å². The van der Waals surface area contributed by atoms with Gasteiger partial charge in [0.25, 0.3) is 5.91 Å². The number of esters is 1. The Kier molecular flexibility index (Phi) is 5.89. The second-order valence-corrected chi connectivity index (χ2v) is 6.99. The number of carbonyl (C=O) groups is 3. The highest BCUT2D eigenvalue weighted by Crippen LogP contribution is 2.18. The van der Waals surface area contributed by atoms with Gasteiger partial charge in [-0.2, -0.15) is 0 Å². The monoisotopic (exact) mass is 426 g/mol. The molecule has 1 heterocycles. The van der Waals surface area contributed by atoms with E-state index in [4.69, 9.17) is 4.74 Å². The van der Waals surface area contributed by atoms with E-state index in [0.29, 0.717) is 22.2 Å². The van der Waals surface area contributed by atoms with Crippen LogP contribution in [-0.2, 0) is 4.74 Å². The lowest BCUT2D eigenvalue weighted by Crippen LogP contribution is -2.17. The average Bonchev–Trinajstić information content (AvgIpc) is 2.82. The first-order valence-electron chi connectivity index (χ1n) is 9.80. The fourth-order valence-corrected chi connectivity index (χ4v) is 3.24. The van der Waals surface area contributed by atoms with Crippen molar-refractivity contribution in [1.82, 2.24) is 4.98 Å². The Morgan fingerprint density at radius 1 is 0.812 bits per heavy atom. The van der Waals surface area contributed by atoms with Crippen molar-refractivity contribution < 1.29 is 19.1 Å². The number of anilines is 1. The van der Waals surface area contributed by atoms with Crippen LogP contribution in [0.3, 0.4) is 0 Å². The number of aromatic nitrogens is 1. The first-order valence-corrected chi connectivity index (χ1v) is 9.80. The molecule has 4 aromatic rings. The fraction of sp³-hybridized carbons (Fsp3) is 0.0400. The van der Waals surface area contributed by atoms with Crippen molar-refractivity contribution in [3.05, 3.63) is 112 Å². The predicted molar refractivity (Wildman–Crippen MR) is 120 cm³/mol. The number of rotatable bonds is 6. The summed E-state index contributed by atoms with van der Waals surface area (Å²) in [6.45, 7) is -0.391. The van der Waals surface area contributed by atoms with Crippen LogP contribution in [0.5, 0.6) is 0 Å². The number of ketones is 1. The van der Waals surface area contributed by atoms with Gasteiger partial charge in [0.1, 0.15) is 0 Å². The van der Waals surface area contributed by atoms with E-state index in [0.717, 1.165) is 0 Å². The van der Waals surface area contributed by atoms with E-state index in [-0.39, 0.29) is 16.9 Å². The Bertz CT molecular complexity index is 1380. The van der Waals surface area contributed by atoms with Crippen molar-refractivity contribution >= 4 is 34.3 Å². The molecule has 32 heavy (non-hydrogen) atoms. The molecule has 0 fully saturated rings. The minimum Gasteiger partial charge on any atom is -0.454 e. The standard InChI is InChI=1S/C25H18N2O5/c28-22(16-7-2-1-3-8-16)15-32-25(31)17-9-6-10-18(13-17)26-24(30)20-14-23(29)27-21-12-5-4-11-19(20)21/h1-14H,15H2,(H,26,30)(H,27,29). The number of amides is 1. The molecule has 0 bridgehead atoms. The van der Waals surface area contributed by atoms with E-state index >= 15 is 0 Å². The molecule has 0 spiro atoms. The van der Waals surface area contributed by atoms with Gasteiger partial charge in [0.05, 0.1) is 11.1 Å². The average molecular weight is 426 g/mol. The number of ether oxygens (including phenoxy) is 1. The summed E-state index contributed by atoms with van der Waals surface area (Å²) in [7, 11) is 0. The Balaban J connectivity index is 1.47. The third-order valence-corrected chi connectivity index (χ3v) is 4.78. The number of H-pyrrole nitrogens is 1. The third kappa shape index (κ3) is 4.62. The van der Waals surface area contributed by atoms with Crippen LogP contribution in [0.2, 0.25) is 0 Å². The van der Waals surface area contributed by atoms with Crippen LogP contribution in [0.15, 0.2) is 89.7 Å². The number of benzene rings is 3. The topological polar surface area (TPSA) is 105 Å². The first-order chi connectivity index (χ1) is 15.5. The zero-order valence-electron chi connectivity index (χ0n) is 16.8. The van der Waals surface area contributed by atoms with E-state index in [1.54, 1.807) is 66.7 Å². The number of carbonyl (C=O) groups excluding carboxylic acids is 3. The number of fused-ring (bicyclic) bond motifs is 1. The maximum atomic E-state index is 12.8. The van der Waals surface area contributed by atoms with Gasteiger partial charge in [0, 0.05) is 28.2 Å². The van der Waals surface area contributed by atoms with Gasteiger partial charge >= 0.3 is 5.97 Å². The quantitative estimate of drug-likeness (QED) is 0.360. The van der Waals surface area contributed by atoms with Crippen LogP contribution in [0.25, 0.3) is 10.9 Å². The largest absolute Gasteiger partial charge is 0.454 e. The molecule has 0 aliphatic carbocycles. The molecule has 0 saturated heterocycles. The number of nitrogens with one attached hydrogen (secondary N) is 2. The molecule has 0 unspecified atom stereocenters. The van der Waals surface area contributed by atoms with Gasteiger partial charge < -0.3 is 15.0 Å². The smallest absolute Gasteiger partial charge is 0.338 e. The van der Waals surface area contributed by atoms with Crippen LogP contribution >= 0.6 is 0 Å². The summed E-state index contributed by atoms with van der Waals surface area (Å²) >= 11 is 0. The molecule has 2 N–H and O–H groups in total. The van der Waals surface area contributed by atoms with Crippen molar-refractivity contribution in [2.75, 3.05) is 11.9 Å². The van der Waals surface area contributed by atoms with Gasteiger partial charge in [-0.05, 0) is 24.3 Å². The summed E-state index contributed by atoms with van der Waals surface area (Å²) in [4.78, 5) is 51.9. The van der Waals surface area contributed by atoms with E-state index in [9.17, 15) is 19.2 Å². The zero-order valence-corrected chi connectivity index (χ0v) is 16.8. The molecular formula is C25H18N2O5. The van der Waals surface area contributed by atoms with Gasteiger partial charge in [-0.15, -0.1) is 0 Å². The number of aromatic amines is 1. The summed E-state index contributed by atoms with van der Waals surface area (Å²) in [5.74, 6) is -1.49. The maximum Gasteiger partial charge on any atom is 0.338 e. The Morgan fingerprint density at radius 2 is 1.53 bits per heavy atom. The minimum absolute atomic E-state index is 0.180. The summed E-state index contributed by atoms with van der Waals surface area (Å²) in [6, 6.07) is 22.9. The maximum absolute atomic E-state index is 12.8. The van der Waals surface area contributed by atoms with Crippen LogP contribution in [0, 0.1) is 0 Å². The van der Waals surface area contributed by atoms with Crippen molar-refractivity contribution in [1.29, 1.82) is 0 Å². The summed E-state index contributed by atoms with van der Waals surface area (Å²) in [5, 5.41) is 3.29. The lowest BCUT2D eigenvalue weighted by Gasteiger charge is -2.09. The predicted octanol–water partition coefficient (Wildman–Crippen LogP) is 3.82. The number of pyridine rings is 1. The molecule has 0 aliphatic rings. The van der Waals surface area contributed by atoms with Crippen molar-refractivity contribution in [3.63, 3.8) is 0 Å². The second kappa shape index (κ2) is 9.09. The lowest BCUT2D eigenvalue weighted by molar-refractivity contribution is 0.0474. The summed E-state index contributed by atoms with van der Waals surface area (Å²) in [6.07, 6.45) is 0. The van der Waals surface area contributed by atoms with Crippen LogP contribution in [0.1, 0.15) is 31.1 Å². The van der Waals surface area contributed by atoms with Gasteiger partial charge in [0.15, 0.2) is 12.4 Å². The van der Waals surface area contributed by atoms with E-state index in [1.165, 1.54) is 18.2 Å². The number of para-hydroxylation sites is 1. The van der Waals surface area contributed by atoms with Crippen LogP contribution < -0.4 is 10.9 Å². The molecule has 0 aliphatic heterocycles. The molecule has 0 saturated carbocycles. The van der Waals surface area contributed by atoms with Crippen molar-refractivity contribution in [3.8, 4) is 0 Å². The minimum atomic E-state index is -0.688. The van der Waals surface area contributed by atoms with Gasteiger partial charge in [-0.25, -0.2) is 4.79 Å². The molecule has 7 heteroatoms. The molecule has 7 nitrogen and oxygen atoms in total. The first kappa shape index (κ1) is 20.7. The van der Waals surface area contributed by atoms with Crippen molar-refractivity contribution in [2.24, 2.45) is 0 Å². The second-order valence-electron chi connectivity index (χ2n) is 6.99. The van der Waals surface area contributed by atoms with E-state index in [2.05, 4.69) is 10.3 Å². The van der Waals surface area contributed by atoms with E-state index in [1.807, 2.05) is 0 Å². The highest BCUT2D eigenvalue weighted by atomic mass is 16.5. The molecule has 0 radical (unpaired) electrons. The fourth-order valence-electron chi connectivity index (χ4n) is 3.24. The molecular weight excluding hydrogens is 408 g/mol. The highest BCUT2D eigenvalue weighted by molar-refractivity contribution is 6.12. The molecule has 158 valence electrons. The Morgan fingerprint density at radius 3 is 2.34 bits per heavy atom. The zero-order chi connectivity index (χ0) is 22.5. The highest BCUT2D eigenvalue weighted by Gasteiger charge is 2.15. The number of hydrogen-bond donors (Lipinski definition) is 2.